The molecule has 2 aromatic rings. The molecule has 1 amide bonds. The molecular weight excluding hydrogens is 542 g/mol. The molecule has 1 N–H and O–H groups in total. The minimum Gasteiger partial charge on any atom is -0.341 e. The van der Waals surface area contributed by atoms with E-state index >= 15 is 0 Å². The van der Waals surface area contributed by atoms with Crippen LogP contribution in [0.2, 0.25) is 20.4 Å². The second kappa shape index (κ2) is 10.9. The Morgan fingerprint density at radius 3 is 2.41 bits per heavy atom. The third kappa shape index (κ3) is 5.85. The van der Waals surface area contributed by atoms with Crippen molar-refractivity contribution in [1.29, 1.82) is 0 Å². The van der Waals surface area contributed by atoms with E-state index in [1.165, 1.54) is 31.4 Å². The van der Waals surface area contributed by atoms with Crippen LogP contribution in [-0.4, -0.2) is 47.9 Å². The fraction of sp³-hybridized carbons (Fsp3) is 0.545. The maximum atomic E-state index is 13.6. The Morgan fingerprint density at radius 2 is 1.76 bits per heavy atom. The Bertz CT molecular complexity index is 1130. The summed E-state index contributed by atoms with van der Waals surface area (Å²) in [5, 5.41) is 0.251. The number of hydrogen-bond acceptors (Lipinski definition) is 4. The second-order valence-corrected chi connectivity index (χ2v) is 12.2. The van der Waals surface area contributed by atoms with Gasteiger partial charge >= 0.3 is 0 Å². The molecule has 3 atom stereocenters. The number of nitrogens with zero attached hydrogens (tertiary/aromatic N) is 3. The number of aryl methyl sites for hydroxylation is 1. The summed E-state index contributed by atoms with van der Waals surface area (Å²) in [5.74, 6) is 0.848. The summed E-state index contributed by atoms with van der Waals surface area (Å²) in [4.78, 5) is 19.1. The van der Waals surface area contributed by atoms with Gasteiger partial charge in [-0.15, -0.1) is 0 Å². The first-order valence-corrected chi connectivity index (χ1v) is 14.3. The molecule has 2 fully saturated rings. The van der Waals surface area contributed by atoms with Crippen LogP contribution >= 0.6 is 46.4 Å². The van der Waals surface area contributed by atoms with Gasteiger partial charge in [-0.25, -0.2) is 13.4 Å². The predicted octanol–water partition coefficient (Wildman–Crippen LogP) is 5.27. The zero-order chi connectivity index (χ0) is 24.5. The number of benzene rings is 1. The van der Waals surface area contributed by atoms with Gasteiger partial charge in [-0.2, -0.15) is 4.72 Å². The van der Waals surface area contributed by atoms with E-state index < -0.39 is 16.1 Å². The molecule has 1 aromatic carbocycles. The average molecular weight is 568 g/mol. The fourth-order valence-electron chi connectivity index (χ4n) is 5.03. The molecule has 1 aromatic heterocycles. The number of piperidine rings is 1. The quantitative estimate of drug-likeness (QED) is 0.494. The highest BCUT2D eigenvalue weighted by Crippen LogP contribution is 2.37. The molecule has 0 radical (unpaired) electrons. The van der Waals surface area contributed by atoms with E-state index in [9.17, 15) is 13.2 Å². The van der Waals surface area contributed by atoms with Gasteiger partial charge < -0.3 is 9.47 Å². The van der Waals surface area contributed by atoms with Crippen LogP contribution in [0.5, 0.6) is 0 Å². The number of imidazole rings is 1. The van der Waals surface area contributed by atoms with Gasteiger partial charge in [0, 0.05) is 37.1 Å². The molecular formula is C22H26Cl4N4O3S. The number of nitrogens with one attached hydrogen (secondary N) is 1. The van der Waals surface area contributed by atoms with E-state index in [4.69, 9.17) is 46.4 Å². The van der Waals surface area contributed by atoms with Crippen molar-refractivity contribution >= 4 is 62.3 Å². The number of rotatable bonds is 7. The highest BCUT2D eigenvalue weighted by molar-refractivity contribution is 7.89. The Balaban J connectivity index is 1.57. The van der Waals surface area contributed by atoms with E-state index in [1.54, 1.807) is 21.9 Å². The fourth-order valence-corrected chi connectivity index (χ4v) is 8.00. The number of amides is 1. The van der Waals surface area contributed by atoms with Gasteiger partial charge in [0.25, 0.3) is 0 Å². The molecule has 1 saturated carbocycles. The topological polar surface area (TPSA) is 84.3 Å². The summed E-state index contributed by atoms with van der Waals surface area (Å²) in [6, 6.07) is 1.59. The van der Waals surface area contributed by atoms with Crippen molar-refractivity contribution in [3.05, 3.63) is 44.9 Å². The van der Waals surface area contributed by atoms with Gasteiger partial charge in [0.1, 0.15) is 10.9 Å². The molecule has 4 rings (SSSR count). The molecule has 7 nitrogen and oxygen atoms in total. The maximum Gasteiger partial charge on any atom is 0.244 e. The summed E-state index contributed by atoms with van der Waals surface area (Å²) in [6.45, 7) is 1.57. The molecule has 34 heavy (non-hydrogen) atoms. The molecule has 0 bridgehead atoms. The first kappa shape index (κ1) is 26.0. The van der Waals surface area contributed by atoms with Gasteiger partial charge in [-0.3, -0.25) is 4.79 Å². The Morgan fingerprint density at radius 1 is 1.09 bits per heavy atom. The zero-order valence-corrected chi connectivity index (χ0v) is 22.2. The van der Waals surface area contributed by atoms with Gasteiger partial charge in [-0.05, 0) is 54.8 Å². The number of aromatic nitrogens is 2. The average Bonchev–Trinajstić information content (AvgIpc) is 3.19. The van der Waals surface area contributed by atoms with Gasteiger partial charge in [0.05, 0.1) is 10.0 Å². The lowest BCUT2D eigenvalue weighted by atomic mass is 9.75. The van der Waals surface area contributed by atoms with Crippen LogP contribution in [0.15, 0.2) is 29.4 Å². The number of halogens is 4. The molecule has 1 aliphatic heterocycles. The first-order valence-electron chi connectivity index (χ1n) is 11.3. The van der Waals surface area contributed by atoms with Crippen LogP contribution < -0.4 is 4.72 Å². The zero-order valence-electron chi connectivity index (χ0n) is 18.4. The van der Waals surface area contributed by atoms with Crippen LogP contribution in [0.4, 0.5) is 0 Å². The van der Waals surface area contributed by atoms with Crippen molar-refractivity contribution in [3.8, 4) is 0 Å². The van der Waals surface area contributed by atoms with E-state index in [-0.39, 0.29) is 37.6 Å². The number of fused-ring (bicyclic) bond motifs is 1. The normalized spacial score (nSPS) is 21.8. The van der Waals surface area contributed by atoms with Crippen LogP contribution in [0, 0.1) is 11.8 Å². The summed E-state index contributed by atoms with van der Waals surface area (Å²) < 4.78 is 30.8. The minimum atomic E-state index is -4.22. The maximum absolute atomic E-state index is 13.6. The standard InChI is InChI=1S/C22H26Cl4N4O3S/c23-16-11-17(24)20(18(25)12-16)34(32,33)28-19(6-9-29-10-7-27-22(29)26)21(31)30-8-5-14-3-1-2-4-15(14)13-30/h7,10-12,14-15,19,28H,1-6,8-9,13H2/t14-,15+,19?/m0/s1. The number of carbonyl (C=O) groups excluding carboxylic acids is 1. The monoisotopic (exact) mass is 566 g/mol. The van der Waals surface area contributed by atoms with E-state index in [0.717, 1.165) is 12.8 Å². The smallest absolute Gasteiger partial charge is 0.244 e. The molecule has 1 aliphatic carbocycles. The van der Waals surface area contributed by atoms with Crippen LogP contribution in [0.3, 0.4) is 0 Å². The summed E-state index contributed by atoms with van der Waals surface area (Å²) in [7, 11) is -4.22. The number of sulfonamides is 1. The Hall–Kier alpha value is -1.03. The van der Waals surface area contributed by atoms with Crippen LogP contribution in [-0.2, 0) is 21.4 Å². The summed E-state index contributed by atoms with van der Waals surface area (Å²) in [6.07, 6.45) is 9.07. The van der Waals surface area contributed by atoms with Gasteiger partial charge in [-0.1, -0.05) is 54.1 Å². The second-order valence-electron chi connectivity index (χ2n) is 8.93. The van der Waals surface area contributed by atoms with E-state index in [0.29, 0.717) is 31.5 Å². The largest absolute Gasteiger partial charge is 0.341 e. The number of hydrogen-bond donors (Lipinski definition) is 1. The minimum absolute atomic E-state index is 0.114. The SMILES string of the molecule is O=C(C(CCn1ccnc1Cl)NS(=O)(=O)c1c(Cl)cc(Cl)cc1Cl)N1CC[C@@H]2CCCC[C@@H]2C1. The lowest BCUT2D eigenvalue weighted by molar-refractivity contribution is -0.136. The summed E-state index contributed by atoms with van der Waals surface area (Å²) in [5.41, 5.74) is 0. The molecule has 1 unspecified atom stereocenters. The molecule has 12 heteroatoms. The first-order chi connectivity index (χ1) is 16.2. The molecule has 2 heterocycles. The van der Waals surface area contributed by atoms with Crippen LogP contribution in [0.1, 0.15) is 38.5 Å². The van der Waals surface area contributed by atoms with Crippen molar-refractivity contribution in [2.24, 2.45) is 11.8 Å². The van der Waals surface area contributed by atoms with E-state index in [2.05, 4.69) is 9.71 Å². The Kier molecular flexibility index (Phi) is 8.37. The third-order valence-corrected chi connectivity index (χ3v) is 9.68. The van der Waals surface area contributed by atoms with Crippen LogP contribution in [0.25, 0.3) is 0 Å². The number of carbonyl (C=O) groups is 1. The lowest BCUT2D eigenvalue weighted by Crippen LogP contribution is -2.53. The highest BCUT2D eigenvalue weighted by Gasteiger charge is 2.37. The Labute approximate surface area is 219 Å². The van der Waals surface area contributed by atoms with Crippen molar-refractivity contribution in [3.63, 3.8) is 0 Å². The highest BCUT2D eigenvalue weighted by atomic mass is 35.5. The lowest BCUT2D eigenvalue weighted by Gasteiger charge is -2.42. The van der Waals surface area contributed by atoms with Gasteiger partial charge in [0.2, 0.25) is 21.2 Å². The predicted molar refractivity (Wildman–Crippen MR) is 134 cm³/mol. The summed E-state index contributed by atoms with van der Waals surface area (Å²) >= 11 is 24.4. The van der Waals surface area contributed by atoms with Crippen molar-refractivity contribution in [2.45, 2.75) is 56.0 Å². The number of likely N-dealkylation sites (tertiary alicyclic amines) is 1. The van der Waals surface area contributed by atoms with Crippen molar-refractivity contribution in [1.82, 2.24) is 19.2 Å². The van der Waals surface area contributed by atoms with E-state index in [1.807, 2.05) is 0 Å². The van der Waals surface area contributed by atoms with Crippen molar-refractivity contribution < 1.29 is 13.2 Å². The molecule has 1 saturated heterocycles. The third-order valence-electron chi connectivity index (χ3n) is 6.75. The van der Waals surface area contributed by atoms with Gasteiger partial charge in [0.15, 0.2) is 0 Å². The molecule has 2 aliphatic rings. The molecule has 0 spiro atoms. The van der Waals surface area contributed by atoms with Crippen molar-refractivity contribution in [2.75, 3.05) is 13.1 Å². The molecule has 186 valence electrons.